The van der Waals surface area contributed by atoms with Crippen molar-refractivity contribution in [3.05, 3.63) is 54.2 Å². The number of H-pyrrole nitrogens is 1. The Bertz CT molecular complexity index is 726. The predicted molar refractivity (Wildman–Crippen MR) is 72.7 cm³/mol. The molecule has 0 aliphatic carbocycles. The van der Waals surface area contributed by atoms with Crippen LogP contribution in [0.5, 0.6) is 0 Å². The molecule has 0 bridgehead atoms. The number of carbonyl (C=O) groups is 1. The quantitative estimate of drug-likeness (QED) is 0.749. The number of hydrogen-bond donors (Lipinski definition) is 2. The van der Waals surface area contributed by atoms with E-state index in [2.05, 4.69) is 15.3 Å². The van der Waals surface area contributed by atoms with Gasteiger partial charge in [0.2, 0.25) is 0 Å². The van der Waals surface area contributed by atoms with Crippen molar-refractivity contribution in [3.8, 4) is 0 Å². The van der Waals surface area contributed by atoms with Gasteiger partial charge in [-0.15, -0.1) is 0 Å². The zero-order valence-corrected chi connectivity index (χ0v) is 10.6. The first-order chi connectivity index (χ1) is 9.25. The summed E-state index contributed by atoms with van der Waals surface area (Å²) in [6.45, 7) is 0.420. The van der Waals surface area contributed by atoms with Crippen LogP contribution in [-0.4, -0.2) is 20.4 Å². The highest BCUT2D eigenvalue weighted by atomic mass is 16.1. The van der Waals surface area contributed by atoms with Crippen molar-refractivity contribution in [2.75, 3.05) is 0 Å². The van der Waals surface area contributed by atoms with Crippen molar-refractivity contribution in [2.45, 2.75) is 6.54 Å². The topological polar surface area (TPSA) is 62.7 Å². The van der Waals surface area contributed by atoms with Gasteiger partial charge in [-0.2, -0.15) is 0 Å². The van der Waals surface area contributed by atoms with E-state index in [1.54, 1.807) is 6.20 Å². The second-order valence-corrected chi connectivity index (χ2v) is 4.38. The van der Waals surface area contributed by atoms with Crippen LogP contribution in [0.25, 0.3) is 10.9 Å². The summed E-state index contributed by atoms with van der Waals surface area (Å²) in [6.07, 6.45) is 5.41. The van der Waals surface area contributed by atoms with Crippen LogP contribution in [0.1, 0.15) is 16.2 Å². The lowest BCUT2D eigenvalue weighted by Gasteiger charge is -2.06. The first kappa shape index (κ1) is 11.5. The van der Waals surface area contributed by atoms with E-state index in [4.69, 9.17) is 0 Å². The lowest BCUT2D eigenvalue weighted by atomic mass is 10.1. The first-order valence-electron chi connectivity index (χ1n) is 6.06. The number of aromatic amines is 1. The molecule has 2 aromatic heterocycles. The zero-order valence-electron chi connectivity index (χ0n) is 10.6. The highest BCUT2D eigenvalue weighted by Crippen LogP contribution is 2.17. The second kappa shape index (κ2) is 4.61. The Morgan fingerprint density at radius 3 is 3.11 bits per heavy atom. The van der Waals surface area contributed by atoms with Gasteiger partial charge in [0, 0.05) is 42.1 Å². The van der Waals surface area contributed by atoms with E-state index in [1.165, 1.54) is 0 Å². The van der Waals surface area contributed by atoms with Gasteiger partial charge in [-0.3, -0.25) is 4.79 Å². The smallest absolute Gasteiger partial charge is 0.252 e. The molecule has 0 saturated carbocycles. The number of fused-ring (bicyclic) bond motifs is 1. The van der Waals surface area contributed by atoms with E-state index in [0.717, 1.165) is 16.7 Å². The average molecular weight is 254 g/mol. The Morgan fingerprint density at radius 2 is 2.32 bits per heavy atom. The number of rotatable bonds is 3. The minimum Gasteiger partial charge on any atom is -0.361 e. The first-order valence-corrected chi connectivity index (χ1v) is 6.06. The predicted octanol–water partition coefficient (Wildman–Crippen LogP) is 1.83. The highest BCUT2D eigenvalue weighted by molar-refractivity contribution is 6.06. The second-order valence-electron chi connectivity index (χ2n) is 4.38. The van der Waals surface area contributed by atoms with Crippen molar-refractivity contribution in [2.24, 2.45) is 7.05 Å². The summed E-state index contributed by atoms with van der Waals surface area (Å²) in [6, 6.07) is 7.55. The lowest BCUT2D eigenvalue weighted by Crippen LogP contribution is -2.24. The number of benzene rings is 1. The average Bonchev–Trinajstić information content (AvgIpc) is 3.04. The molecule has 2 N–H and O–H groups in total. The van der Waals surface area contributed by atoms with Gasteiger partial charge in [0.15, 0.2) is 0 Å². The van der Waals surface area contributed by atoms with E-state index < -0.39 is 0 Å². The Balaban J connectivity index is 1.81. The molecule has 1 aromatic carbocycles. The molecule has 5 nitrogen and oxygen atoms in total. The molecule has 2 heterocycles. The Morgan fingerprint density at radius 1 is 1.42 bits per heavy atom. The summed E-state index contributed by atoms with van der Waals surface area (Å²) >= 11 is 0. The number of nitrogens with one attached hydrogen (secondary N) is 2. The zero-order chi connectivity index (χ0) is 13.2. The fourth-order valence-corrected chi connectivity index (χ4v) is 2.10. The van der Waals surface area contributed by atoms with Gasteiger partial charge in [-0.25, -0.2) is 4.98 Å². The molecule has 96 valence electrons. The van der Waals surface area contributed by atoms with Crippen LogP contribution in [0.4, 0.5) is 0 Å². The van der Waals surface area contributed by atoms with Crippen LogP contribution in [0, 0.1) is 0 Å². The largest absolute Gasteiger partial charge is 0.361 e. The van der Waals surface area contributed by atoms with Crippen molar-refractivity contribution in [3.63, 3.8) is 0 Å². The monoisotopic (exact) mass is 254 g/mol. The van der Waals surface area contributed by atoms with Gasteiger partial charge in [0.25, 0.3) is 5.91 Å². The summed E-state index contributed by atoms with van der Waals surface area (Å²) in [5.41, 5.74) is 1.64. The van der Waals surface area contributed by atoms with Gasteiger partial charge < -0.3 is 14.9 Å². The molecule has 0 atom stereocenters. The van der Waals surface area contributed by atoms with Crippen LogP contribution >= 0.6 is 0 Å². The minimum absolute atomic E-state index is 0.0896. The van der Waals surface area contributed by atoms with E-state index >= 15 is 0 Å². The molecule has 19 heavy (non-hydrogen) atoms. The number of imidazole rings is 1. The Hall–Kier alpha value is -2.56. The van der Waals surface area contributed by atoms with Crippen molar-refractivity contribution in [1.82, 2.24) is 19.9 Å². The molecule has 0 unspecified atom stereocenters. The molecule has 3 aromatic rings. The molecule has 3 rings (SSSR count). The van der Waals surface area contributed by atoms with Gasteiger partial charge in [-0.05, 0) is 18.2 Å². The van der Waals surface area contributed by atoms with Gasteiger partial charge >= 0.3 is 0 Å². The minimum atomic E-state index is -0.0896. The summed E-state index contributed by atoms with van der Waals surface area (Å²) < 4.78 is 1.89. The van der Waals surface area contributed by atoms with Gasteiger partial charge in [-0.1, -0.05) is 6.07 Å². The van der Waals surface area contributed by atoms with E-state index in [1.807, 2.05) is 48.3 Å². The molecular weight excluding hydrogens is 240 g/mol. The molecule has 1 amide bonds. The van der Waals surface area contributed by atoms with Crippen molar-refractivity contribution in [1.29, 1.82) is 0 Å². The van der Waals surface area contributed by atoms with Crippen molar-refractivity contribution >= 4 is 16.8 Å². The number of amides is 1. The summed E-state index contributed by atoms with van der Waals surface area (Å²) in [5.74, 6) is 0.739. The van der Waals surface area contributed by atoms with Crippen molar-refractivity contribution < 1.29 is 4.79 Å². The molecule has 0 saturated heterocycles. The van der Waals surface area contributed by atoms with Gasteiger partial charge in [0.05, 0.1) is 6.54 Å². The van der Waals surface area contributed by atoms with E-state index in [0.29, 0.717) is 12.1 Å². The normalized spacial score (nSPS) is 10.8. The number of hydrogen-bond acceptors (Lipinski definition) is 2. The summed E-state index contributed by atoms with van der Waals surface area (Å²) in [7, 11) is 1.90. The van der Waals surface area contributed by atoms with Crippen LogP contribution in [0.2, 0.25) is 0 Å². The van der Waals surface area contributed by atoms with Crippen LogP contribution in [-0.2, 0) is 13.6 Å². The maximum Gasteiger partial charge on any atom is 0.252 e. The standard InChI is InChI=1S/C14H14N4O/c1-18-8-7-16-13(18)9-17-14(19)11-3-2-4-12-10(11)5-6-15-12/h2-8,15H,9H2,1H3,(H,17,19). The van der Waals surface area contributed by atoms with Gasteiger partial charge in [0.1, 0.15) is 5.82 Å². The van der Waals surface area contributed by atoms with Crippen LogP contribution < -0.4 is 5.32 Å². The molecular formula is C14H14N4O. The number of nitrogens with zero attached hydrogens (tertiary/aromatic N) is 2. The molecule has 0 radical (unpaired) electrons. The number of aromatic nitrogens is 3. The van der Waals surface area contributed by atoms with E-state index in [-0.39, 0.29) is 5.91 Å². The van der Waals surface area contributed by atoms with E-state index in [9.17, 15) is 4.79 Å². The van der Waals surface area contributed by atoms with Crippen LogP contribution in [0.3, 0.4) is 0 Å². The molecule has 0 aliphatic rings. The number of carbonyl (C=O) groups excluding carboxylic acids is 1. The molecule has 5 heteroatoms. The fraction of sp³-hybridized carbons (Fsp3) is 0.143. The Labute approximate surface area is 110 Å². The third-order valence-electron chi connectivity index (χ3n) is 3.17. The maximum atomic E-state index is 12.2. The lowest BCUT2D eigenvalue weighted by molar-refractivity contribution is 0.0951. The SMILES string of the molecule is Cn1ccnc1CNC(=O)c1cccc2[nH]ccc12. The third kappa shape index (κ3) is 2.10. The number of aryl methyl sites for hydroxylation is 1. The third-order valence-corrected chi connectivity index (χ3v) is 3.17. The molecule has 0 aliphatic heterocycles. The highest BCUT2D eigenvalue weighted by Gasteiger charge is 2.10. The summed E-state index contributed by atoms with van der Waals surface area (Å²) in [4.78, 5) is 19.5. The maximum absolute atomic E-state index is 12.2. The molecule has 0 spiro atoms. The fourth-order valence-electron chi connectivity index (χ4n) is 2.10. The summed E-state index contributed by atoms with van der Waals surface area (Å²) in [5, 5.41) is 3.82. The van der Waals surface area contributed by atoms with Crippen LogP contribution in [0.15, 0.2) is 42.9 Å². The molecule has 0 fully saturated rings. The Kier molecular flexibility index (Phi) is 2.79.